The normalized spacial score (nSPS) is 10.3. The Labute approximate surface area is 94.0 Å². The Bertz CT molecular complexity index is 334. The van der Waals surface area contributed by atoms with Crippen molar-refractivity contribution in [2.24, 2.45) is 0 Å². The van der Waals surface area contributed by atoms with Crippen molar-refractivity contribution in [3.63, 3.8) is 0 Å². The van der Waals surface area contributed by atoms with E-state index in [0.717, 1.165) is 12.8 Å². The highest BCUT2D eigenvalue weighted by molar-refractivity contribution is 5.33. The number of rotatable bonds is 5. The first-order valence-corrected chi connectivity index (χ1v) is 5.92. The summed E-state index contributed by atoms with van der Waals surface area (Å²) < 4.78 is 0. The molecule has 0 aliphatic carbocycles. The van der Waals surface area contributed by atoms with Gasteiger partial charge in [-0.3, -0.25) is 0 Å². The van der Waals surface area contributed by atoms with E-state index in [-0.39, 0.29) is 0 Å². The Kier molecular flexibility index (Phi) is 4.61. The van der Waals surface area contributed by atoms with Crippen LogP contribution in [-0.2, 0) is 12.8 Å². The Morgan fingerprint density at radius 1 is 1.27 bits per heavy atom. The van der Waals surface area contributed by atoms with Crippen molar-refractivity contribution in [1.82, 2.24) is 0 Å². The fourth-order valence-electron chi connectivity index (χ4n) is 1.79. The summed E-state index contributed by atoms with van der Waals surface area (Å²) in [6.45, 7) is 10.7. The molecule has 0 atom stereocenters. The maximum absolute atomic E-state index is 4.07. The fourth-order valence-corrected chi connectivity index (χ4v) is 1.79. The lowest BCUT2D eigenvalue weighted by molar-refractivity contribution is 0.916. The molecule has 1 aromatic carbocycles. The molecule has 82 valence electrons. The third-order valence-electron chi connectivity index (χ3n) is 2.89. The third-order valence-corrected chi connectivity index (χ3v) is 2.89. The molecular weight excluding hydrogens is 180 g/mol. The standard InChI is InChI=1S/C15H22/c1-5-7-14-8-9-15(13(4)11-14)10-12(3)6-2/h8-9,11H,3,5-7,10H2,1-2,4H3. The first-order valence-electron chi connectivity index (χ1n) is 5.92. The largest absolute Gasteiger partial charge is 0.0995 e. The van der Waals surface area contributed by atoms with E-state index in [4.69, 9.17) is 0 Å². The minimum atomic E-state index is 1.04. The van der Waals surface area contributed by atoms with Gasteiger partial charge in [-0.1, -0.05) is 50.6 Å². The zero-order chi connectivity index (χ0) is 11.3. The first-order chi connectivity index (χ1) is 7.17. The lowest BCUT2D eigenvalue weighted by atomic mass is 9.97. The van der Waals surface area contributed by atoms with Crippen LogP contribution >= 0.6 is 0 Å². The van der Waals surface area contributed by atoms with Gasteiger partial charge in [0.15, 0.2) is 0 Å². The molecule has 0 fully saturated rings. The minimum Gasteiger partial charge on any atom is -0.0995 e. The van der Waals surface area contributed by atoms with Crippen LogP contribution < -0.4 is 0 Å². The Balaban J connectivity index is 2.78. The summed E-state index contributed by atoms with van der Waals surface area (Å²) in [4.78, 5) is 0. The van der Waals surface area contributed by atoms with Crippen LogP contribution in [0.25, 0.3) is 0 Å². The highest BCUT2D eigenvalue weighted by atomic mass is 14.1. The molecule has 0 radical (unpaired) electrons. The fraction of sp³-hybridized carbons (Fsp3) is 0.467. The smallest absolute Gasteiger partial charge is 0.00673 e. The molecule has 0 N–H and O–H groups in total. The molecule has 0 unspecified atom stereocenters. The second-order valence-corrected chi connectivity index (χ2v) is 4.29. The maximum Gasteiger partial charge on any atom is -0.00673 e. The third kappa shape index (κ3) is 3.54. The Morgan fingerprint density at radius 3 is 2.53 bits per heavy atom. The molecule has 0 saturated heterocycles. The second kappa shape index (κ2) is 5.75. The maximum atomic E-state index is 4.07. The van der Waals surface area contributed by atoms with Gasteiger partial charge in [0.1, 0.15) is 0 Å². The van der Waals surface area contributed by atoms with Gasteiger partial charge in [0.05, 0.1) is 0 Å². The van der Waals surface area contributed by atoms with Crippen LogP contribution in [0.4, 0.5) is 0 Å². The van der Waals surface area contributed by atoms with Crippen molar-refractivity contribution in [1.29, 1.82) is 0 Å². The van der Waals surface area contributed by atoms with Crippen LogP contribution in [0.2, 0.25) is 0 Å². The van der Waals surface area contributed by atoms with Gasteiger partial charge >= 0.3 is 0 Å². The van der Waals surface area contributed by atoms with Gasteiger partial charge in [-0.05, 0) is 42.9 Å². The molecular formula is C15H22. The number of hydrogen-bond acceptors (Lipinski definition) is 0. The highest BCUT2D eigenvalue weighted by Gasteiger charge is 2.01. The Morgan fingerprint density at radius 2 is 2.00 bits per heavy atom. The lowest BCUT2D eigenvalue weighted by Crippen LogP contribution is -1.94. The van der Waals surface area contributed by atoms with E-state index in [0.29, 0.717) is 0 Å². The van der Waals surface area contributed by atoms with Crippen LogP contribution in [0, 0.1) is 6.92 Å². The van der Waals surface area contributed by atoms with Crippen molar-refractivity contribution >= 4 is 0 Å². The van der Waals surface area contributed by atoms with Gasteiger partial charge in [-0.25, -0.2) is 0 Å². The molecule has 0 aliphatic rings. The van der Waals surface area contributed by atoms with E-state index in [1.165, 1.54) is 35.1 Å². The van der Waals surface area contributed by atoms with E-state index in [1.54, 1.807) is 0 Å². The zero-order valence-corrected chi connectivity index (χ0v) is 10.3. The summed E-state index contributed by atoms with van der Waals surface area (Å²) in [5.41, 5.74) is 5.62. The van der Waals surface area contributed by atoms with E-state index >= 15 is 0 Å². The summed E-state index contributed by atoms with van der Waals surface area (Å²) in [7, 11) is 0. The van der Waals surface area contributed by atoms with Gasteiger partial charge in [0.25, 0.3) is 0 Å². The van der Waals surface area contributed by atoms with Gasteiger partial charge in [0, 0.05) is 0 Å². The van der Waals surface area contributed by atoms with Gasteiger partial charge < -0.3 is 0 Å². The summed E-state index contributed by atoms with van der Waals surface area (Å²) >= 11 is 0. The molecule has 0 aromatic heterocycles. The molecule has 0 heteroatoms. The van der Waals surface area contributed by atoms with Crippen molar-refractivity contribution in [2.45, 2.75) is 46.5 Å². The predicted octanol–water partition coefficient (Wildman–Crippen LogP) is 4.46. The van der Waals surface area contributed by atoms with Crippen LogP contribution in [-0.4, -0.2) is 0 Å². The second-order valence-electron chi connectivity index (χ2n) is 4.29. The zero-order valence-electron chi connectivity index (χ0n) is 10.3. The van der Waals surface area contributed by atoms with Gasteiger partial charge in [-0.2, -0.15) is 0 Å². The molecule has 0 bridgehead atoms. The van der Waals surface area contributed by atoms with Crippen LogP contribution in [0.1, 0.15) is 43.4 Å². The van der Waals surface area contributed by atoms with E-state index < -0.39 is 0 Å². The molecule has 0 nitrogen and oxygen atoms in total. The van der Waals surface area contributed by atoms with Crippen molar-refractivity contribution < 1.29 is 0 Å². The number of benzene rings is 1. The summed E-state index contributed by atoms with van der Waals surface area (Å²) in [5.74, 6) is 0. The van der Waals surface area contributed by atoms with Gasteiger partial charge in [-0.15, -0.1) is 0 Å². The lowest BCUT2D eigenvalue weighted by Gasteiger charge is -2.09. The van der Waals surface area contributed by atoms with E-state index in [1.807, 2.05) is 0 Å². The quantitative estimate of drug-likeness (QED) is 0.618. The van der Waals surface area contributed by atoms with Crippen molar-refractivity contribution in [3.8, 4) is 0 Å². The predicted molar refractivity (Wildman–Crippen MR) is 68.3 cm³/mol. The molecule has 0 amide bonds. The average Bonchev–Trinajstić information content (AvgIpc) is 2.22. The molecule has 1 rings (SSSR count). The van der Waals surface area contributed by atoms with Crippen LogP contribution in [0.15, 0.2) is 30.4 Å². The van der Waals surface area contributed by atoms with Gasteiger partial charge in [0.2, 0.25) is 0 Å². The molecule has 0 aliphatic heterocycles. The number of aryl methyl sites for hydroxylation is 2. The average molecular weight is 202 g/mol. The molecule has 0 saturated carbocycles. The topological polar surface area (TPSA) is 0 Å². The van der Waals surface area contributed by atoms with Crippen LogP contribution in [0.3, 0.4) is 0 Å². The minimum absolute atomic E-state index is 1.04. The van der Waals surface area contributed by atoms with E-state index in [9.17, 15) is 0 Å². The van der Waals surface area contributed by atoms with E-state index in [2.05, 4.69) is 45.5 Å². The molecule has 0 heterocycles. The number of hydrogen-bond donors (Lipinski definition) is 0. The SMILES string of the molecule is C=C(CC)Cc1ccc(CCC)cc1C. The molecule has 15 heavy (non-hydrogen) atoms. The highest BCUT2D eigenvalue weighted by Crippen LogP contribution is 2.16. The molecule has 1 aromatic rings. The first kappa shape index (κ1) is 12.0. The summed E-state index contributed by atoms with van der Waals surface area (Å²) in [6.07, 6.45) is 4.53. The summed E-state index contributed by atoms with van der Waals surface area (Å²) in [5, 5.41) is 0. The van der Waals surface area contributed by atoms with Crippen molar-refractivity contribution in [2.75, 3.05) is 0 Å². The monoisotopic (exact) mass is 202 g/mol. The molecule has 0 spiro atoms. The number of allylic oxidation sites excluding steroid dienone is 1. The van der Waals surface area contributed by atoms with Crippen LogP contribution in [0.5, 0.6) is 0 Å². The van der Waals surface area contributed by atoms with Crippen molar-refractivity contribution in [3.05, 3.63) is 47.0 Å². The Hall–Kier alpha value is -1.04. The summed E-state index contributed by atoms with van der Waals surface area (Å²) in [6, 6.07) is 6.84.